The van der Waals surface area contributed by atoms with Crippen molar-refractivity contribution in [3.63, 3.8) is 0 Å². The number of Topliss-reactive ketones (excluding diaryl/α,β-unsaturated/α-hetero) is 2. The summed E-state index contributed by atoms with van der Waals surface area (Å²) in [5, 5.41) is -1.44. The van der Waals surface area contributed by atoms with Crippen LogP contribution in [0.25, 0.3) is 0 Å². The molecule has 0 spiro atoms. The van der Waals surface area contributed by atoms with Gasteiger partial charge in [-0.25, -0.2) is 16.8 Å². The second-order valence-corrected chi connectivity index (χ2v) is 9.99. The molecule has 0 saturated carbocycles. The Labute approximate surface area is 155 Å². The van der Waals surface area contributed by atoms with Gasteiger partial charge in [0.2, 0.25) is 15.6 Å². The summed E-state index contributed by atoms with van der Waals surface area (Å²) in [5.41, 5.74) is 0.186. The van der Waals surface area contributed by atoms with Crippen molar-refractivity contribution in [3.8, 4) is 0 Å². The summed E-state index contributed by atoms with van der Waals surface area (Å²) in [7, 11) is -7.85. The van der Waals surface area contributed by atoms with Gasteiger partial charge in [0.15, 0.2) is 15.6 Å². The van der Waals surface area contributed by atoms with Crippen LogP contribution < -0.4 is 0 Å². The molecule has 2 aromatic rings. The van der Waals surface area contributed by atoms with Crippen LogP contribution in [0.5, 0.6) is 0 Å². The average molecular weight is 400 g/mol. The first-order valence-electron chi connectivity index (χ1n) is 7.91. The van der Waals surface area contributed by atoms with Crippen molar-refractivity contribution in [2.75, 3.05) is 0 Å². The number of fused-ring (bicyclic) bond motifs is 2. The number of carbonyl (C=O) groups excluding carboxylic acids is 2. The molecule has 0 amide bonds. The van der Waals surface area contributed by atoms with Crippen LogP contribution in [0.3, 0.4) is 0 Å². The first kappa shape index (κ1) is 17.6. The van der Waals surface area contributed by atoms with Crippen molar-refractivity contribution in [2.45, 2.75) is 15.0 Å². The Hall–Kier alpha value is -2.84. The largest absolute Gasteiger partial charge is 0.292 e. The predicted molar refractivity (Wildman–Crippen MR) is 96.9 cm³/mol. The predicted octanol–water partition coefficient (Wildman–Crippen LogP) is 2.14. The van der Waals surface area contributed by atoms with Crippen LogP contribution >= 0.6 is 0 Å². The van der Waals surface area contributed by atoms with Crippen molar-refractivity contribution in [1.29, 1.82) is 0 Å². The Morgan fingerprint density at radius 3 is 2.00 bits per heavy atom. The van der Waals surface area contributed by atoms with E-state index >= 15 is 0 Å². The van der Waals surface area contributed by atoms with Crippen LogP contribution in [0.1, 0.15) is 20.7 Å². The maximum atomic E-state index is 12.5. The number of allylic oxidation sites excluding steroid dienone is 3. The van der Waals surface area contributed by atoms with E-state index in [4.69, 9.17) is 0 Å². The fourth-order valence-corrected chi connectivity index (χ4v) is 6.49. The van der Waals surface area contributed by atoms with E-state index in [-0.39, 0.29) is 20.9 Å². The molecule has 0 aromatic heterocycles. The van der Waals surface area contributed by atoms with E-state index < -0.39 is 41.4 Å². The zero-order valence-corrected chi connectivity index (χ0v) is 15.3. The maximum Gasteiger partial charge on any atom is 0.211 e. The van der Waals surface area contributed by atoms with Crippen molar-refractivity contribution in [2.24, 2.45) is 0 Å². The van der Waals surface area contributed by atoms with E-state index in [9.17, 15) is 26.4 Å². The maximum absolute atomic E-state index is 12.5. The summed E-state index contributed by atoms with van der Waals surface area (Å²) in [6, 6.07) is 11.7. The molecule has 2 aromatic carbocycles. The van der Waals surface area contributed by atoms with Crippen molar-refractivity contribution in [3.05, 3.63) is 82.8 Å². The molecule has 6 nitrogen and oxygen atoms in total. The molecule has 1 atom stereocenters. The molecule has 0 bridgehead atoms. The molecule has 136 valence electrons. The number of hydrogen-bond acceptors (Lipinski definition) is 6. The fourth-order valence-electron chi connectivity index (χ4n) is 3.21. The van der Waals surface area contributed by atoms with Gasteiger partial charge in [-0.2, -0.15) is 0 Å². The Kier molecular flexibility index (Phi) is 3.79. The zero-order valence-electron chi connectivity index (χ0n) is 13.7. The van der Waals surface area contributed by atoms with Gasteiger partial charge in [-0.05, 0) is 24.3 Å². The third kappa shape index (κ3) is 2.44. The van der Waals surface area contributed by atoms with Crippen LogP contribution in [-0.2, 0) is 19.7 Å². The summed E-state index contributed by atoms with van der Waals surface area (Å²) < 4.78 is 50.0. The number of carbonyl (C=O) groups is 2. The first-order chi connectivity index (χ1) is 12.8. The lowest BCUT2D eigenvalue weighted by atomic mass is 10.1. The van der Waals surface area contributed by atoms with Gasteiger partial charge in [-0.3, -0.25) is 9.59 Å². The Balaban J connectivity index is 1.72. The Morgan fingerprint density at radius 1 is 0.778 bits per heavy atom. The summed E-state index contributed by atoms with van der Waals surface area (Å²) in [6.07, 6.45) is 3.29. The molecule has 2 aliphatic rings. The minimum Gasteiger partial charge on any atom is -0.292 e. The minimum absolute atomic E-state index is 0.0470. The molecule has 0 unspecified atom stereocenters. The topological polar surface area (TPSA) is 102 Å². The molecular weight excluding hydrogens is 388 g/mol. The molecule has 2 aliphatic heterocycles. The molecular formula is C19H12O6S2. The second-order valence-electron chi connectivity index (χ2n) is 6.07. The number of hydrogen-bond donors (Lipinski definition) is 0. The van der Waals surface area contributed by atoms with Crippen LogP contribution in [0.4, 0.5) is 0 Å². The summed E-state index contributed by atoms with van der Waals surface area (Å²) in [4.78, 5) is 24.1. The quantitative estimate of drug-likeness (QED) is 0.716. The van der Waals surface area contributed by atoms with Crippen molar-refractivity contribution in [1.82, 2.24) is 0 Å². The lowest BCUT2D eigenvalue weighted by Crippen LogP contribution is -2.19. The highest BCUT2D eigenvalue weighted by Gasteiger charge is 2.42. The number of rotatable bonds is 2. The minimum atomic E-state index is -3.96. The van der Waals surface area contributed by atoms with E-state index in [1.807, 2.05) is 0 Å². The number of sulfone groups is 2. The van der Waals surface area contributed by atoms with Gasteiger partial charge >= 0.3 is 0 Å². The van der Waals surface area contributed by atoms with Gasteiger partial charge in [-0.1, -0.05) is 42.5 Å². The van der Waals surface area contributed by atoms with Gasteiger partial charge in [-0.15, -0.1) is 0 Å². The number of ketones is 2. The van der Waals surface area contributed by atoms with Gasteiger partial charge in [0.05, 0.1) is 9.79 Å². The molecule has 0 radical (unpaired) electrons. The summed E-state index contributed by atoms with van der Waals surface area (Å²) in [6.45, 7) is 0. The molecule has 8 heteroatoms. The standard InChI is InChI=1S/C19H12O6S2/c20-18-12-6-1-3-8-14(12)26(22,23)16(18)10-5-11-17-19(21)13-7-2-4-9-15(13)27(17,24)25/h1-11,16H/b10-5+,17-11-/t16-/m0/s1. The smallest absolute Gasteiger partial charge is 0.211 e. The Bertz CT molecular complexity index is 1280. The molecule has 2 heterocycles. The van der Waals surface area contributed by atoms with Crippen LogP contribution in [0.2, 0.25) is 0 Å². The van der Waals surface area contributed by atoms with Crippen LogP contribution in [-0.4, -0.2) is 33.7 Å². The highest BCUT2D eigenvalue weighted by molar-refractivity contribution is 7.97. The van der Waals surface area contributed by atoms with Crippen molar-refractivity contribution < 1.29 is 26.4 Å². The Morgan fingerprint density at radius 2 is 1.37 bits per heavy atom. The third-order valence-corrected chi connectivity index (χ3v) is 8.36. The van der Waals surface area contributed by atoms with E-state index in [0.717, 1.165) is 18.2 Å². The lowest BCUT2D eigenvalue weighted by molar-refractivity contribution is 0.1000. The van der Waals surface area contributed by atoms with E-state index in [2.05, 4.69) is 0 Å². The molecule has 0 saturated heterocycles. The lowest BCUT2D eigenvalue weighted by Gasteiger charge is -2.01. The van der Waals surface area contributed by atoms with Crippen molar-refractivity contribution >= 4 is 31.2 Å². The summed E-state index contributed by atoms with van der Waals surface area (Å²) in [5.74, 6) is -1.23. The van der Waals surface area contributed by atoms with Gasteiger partial charge in [0.25, 0.3) is 0 Å². The third-order valence-electron chi connectivity index (χ3n) is 4.52. The van der Waals surface area contributed by atoms with E-state index in [1.54, 1.807) is 12.1 Å². The van der Waals surface area contributed by atoms with Gasteiger partial charge < -0.3 is 0 Å². The molecule has 0 fully saturated rings. The fraction of sp³-hybridized carbons (Fsp3) is 0.0526. The van der Waals surface area contributed by atoms with Crippen LogP contribution in [0.15, 0.2) is 81.5 Å². The number of benzene rings is 2. The highest BCUT2D eigenvalue weighted by Crippen LogP contribution is 2.34. The van der Waals surface area contributed by atoms with Gasteiger partial charge in [0.1, 0.15) is 10.2 Å². The normalized spacial score (nSPS) is 23.7. The second kappa shape index (κ2) is 5.83. The average Bonchev–Trinajstić information content (AvgIpc) is 2.96. The van der Waals surface area contributed by atoms with E-state index in [0.29, 0.717) is 0 Å². The van der Waals surface area contributed by atoms with E-state index in [1.165, 1.54) is 36.4 Å². The zero-order chi connectivity index (χ0) is 19.4. The molecule has 0 aliphatic carbocycles. The SMILES string of the molecule is O=C1/C(=C/C=C/[C@H]2C(=O)c3ccccc3S2(=O)=O)S(=O)(=O)c2ccccc21. The van der Waals surface area contributed by atoms with Gasteiger partial charge in [0, 0.05) is 11.1 Å². The summed E-state index contributed by atoms with van der Waals surface area (Å²) >= 11 is 0. The first-order valence-corrected chi connectivity index (χ1v) is 10.9. The highest BCUT2D eigenvalue weighted by atomic mass is 32.2. The molecule has 4 rings (SSSR count). The molecule has 27 heavy (non-hydrogen) atoms. The molecule has 0 N–H and O–H groups in total. The van der Waals surface area contributed by atoms with Crippen LogP contribution in [0, 0.1) is 0 Å². The monoisotopic (exact) mass is 400 g/mol.